The third kappa shape index (κ3) is 4.05. The van der Waals surface area contributed by atoms with Crippen LogP contribution in [0.5, 0.6) is 17.4 Å². The summed E-state index contributed by atoms with van der Waals surface area (Å²) in [5, 5.41) is 0. The Balaban J connectivity index is 2.18. The van der Waals surface area contributed by atoms with E-state index >= 15 is 0 Å². The average Bonchev–Trinajstić information content (AvgIpc) is 2.54. The van der Waals surface area contributed by atoms with Gasteiger partial charge in [0.25, 0.3) is 0 Å². The normalized spacial score (nSPS) is 10.2. The highest BCUT2D eigenvalue weighted by molar-refractivity contribution is 5.96. The highest BCUT2D eigenvalue weighted by atomic mass is 16.5. The lowest BCUT2D eigenvalue weighted by Crippen LogP contribution is -2.00. The van der Waals surface area contributed by atoms with Crippen LogP contribution in [0.25, 0.3) is 0 Å². The number of nitrogens with zero attached hydrogens (tertiary/aromatic N) is 1. The molecule has 0 unspecified atom stereocenters. The van der Waals surface area contributed by atoms with Crippen LogP contribution in [0.4, 0.5) is 0 Å². The minimum absolute atomic E-state index is 0.125. The molecule has 1 aromatic heterocycles. The van der Waals surface area contributed by atoms with Gasteiger partial charge in [0.1, 0.15) is 0 Å². The molecular formula is C17H19NO3. The van der Waals surface area contributed by atoms with Crippen LogP contribution >= 0.6 is 0 Å². The molecule has 0 atom stereocenters. The van der Waals surface area contributed by atoms with Crippen LogP contribution in [-0.4, -0.2) is 17.9 Å². The van der Waals surface area contributed by atoms with Crippen molar-refractivity contribution in [2.24, 2.45) is 0 Å². The molecule has 1 aromatic carbocycles. The molecule has 0 aliphatic carbocycles. The fourth-order valence-electron chi connectivity index (χ4n) is 1.93. The SMILES string of the molecule is CCCCC(=O)c1ccc(Oc2ccccn2)c(OC)c1. The van der Waals surface area contributed by atoms with Crippen LogP contribution in [0.3, 0.4) is 0 Å². The van der Waals surface area contributed by atoms with E-state index in [-0.39, 0.29) is 5.78 Å². The van der Waals surface area contributed by atoms with Crippen LogP contribution < -0.4 is 9.47 Å². The second-order valence-corrected chi connectivity index (χ2v) is 4.66. The Bertz CT molecular complexity index is 596. The summed E-state index contributed by atoms with van der Waals surface area (Å²) in [5.74, 6) is 1.69. The quantitative estimate of drug-likeness (QED) is 0.713. The predicted molar refractivity (Wildman–Crippen MR) is 81.2 cm³/mol. The number of ether oxygens (including phenoxy) is 2. The molecule has 0 amide bonds. The number of methoxy groups -OCH3 is 1. The number of benzene rings is 1. The van der Waals surface area contributed by atoms with E-state index in [1.165, 1.54) is 0 Å². The van der Waals surface area contributed by atoms with Crippen molar-refractivity contribution in [3.63, 3.8) is 0 Å². The van der Waals surface area contributed by atoms with Gasteiger partial charge in [-0.1, -0.05) is 19.4 Å². The zero-order valence-corrected chi connectivity index (χ0v) is 12.3. The first-order valence-electron chi connectivity index (χ1n) is 7.04. The molecule has 0 fully saturated rings. The minimum Gasteiger partial charge on any atom is -0.493 e. The number of carbonyl (C=O) groups excluding carboxylic acids is 1. The molecule has 0 saturated heterocycles. The summed E-state index contributed by atoms with van der Waals surface area (Å²) in [5.41, 5.74) is 0.647. The molecule has 110 valence electrons. The number of ketones is 1. The second kappa shape index (κ2) is 7.43. The Kier molecular flexibility index (Phi) is 5.32. The van der Waals surface area contributed by atoms with Gasteiger partial charge in [-0.05, 0) is 30.7 Å². The van der Waals surface area contributed by atoms with Crippen molar-refractivity contribution in [2.45, 2.75) is 26.2 Å². The molecule has 0 N–H and O–H groups in total. The predicted octanol–water partition coefficient (Wildman–Crippen LogP) is 4.26. The summed E-state index contributed by atoms with van der Waals surface area (Å²) in [6.07, 6.45) is 4.11. The molecule has 2 rings (SSSR count). The average molecular weight is 285 g/mol. The number of pyridine rings is 1. The highest BCUT2D eigenvalue weighted by Gasteiger charge is 2.11. The van der Waals surface area contributed by atoms with Crippen LogP contribution in [0.2, 0.25) is 0 Å². The number of hydrogen-bond acceptors (Lipinski definition) is 4. The van der Waals surface area contributed by atoms with E-state index < -0.39 is 0 Å². The van der Waals surface area contributed by atoms with Gasteiger partial charge in [0.05, 0.1) is 7.11 Å². The Morgan fingerprint density at radius 2 is 2.05 bits per heavy atom. The monoisotopic (exact) mass is 285 g/mol. The first-order chi connectivity index (χ1) is 10.2. The van der Waals surface area contributed by atoms with Crippen LogP contribution in [-0.2, 0) is 0 Å². The van der Waals surface area contributed by atoms with Gasteiger partial charge in [0.15, 0.2) is 17.3 Å². The first-order valence-corrected chi connectivity index (χ1v) is 7.04. The maximum atomic E-state index is 12.0. The van der Waals surface area contributed by atoms with Gasteiger partial charge in [0, 0.05) is 24.2 Å². The van der Waals surface area contributed by atoms with E-state index in [1.807, 2.05) is 12.1 Å². The molecule has 0 bridgehead atoms. The van der Waals surface area contributed by atoms with Gasteiger partial charge < -0.3 is 9.47 Å². The smallest absolute Gasteiger partial charge is 0.219 e. The maximum Gasteiger partial charge on any atom is 0.219 e. The van der Waals surface area contributed by atoms with Crippen molar-refractivity contribution in [1.82, 2.24) is 4.98 Å². The molecular weight excluding hydrogens is 266 g/mol. The fourth-order valence-corrected chi connectivity index (χ4v) is 1.93. The number of aromatic nitrogens is 1. The number of Topliss-reactive ketones (excluding diaryl/α,β-unsaturated/α-hetero) is 1. The lowest BCUT2D eigenvalue weighted by atomic mass is 10.1. The number of rotatable bonds is 7. The first kappa shape index (κ1) is 15.0. The van der Waals surface area contributed by atoms with Crippen LogP contribution in [0.1, 0.15) is 36.5 Å². The van der Waals surface area contributed by atoms with Gasteiger partial charge in [0.2, 0.25) is 5.88 Å². The largest absolute Gasteiger partial charge is 0.493 e. The van der Waals surface area contributed by atoms with Gasteiger partial charge in [-0.2, -0.15) is 0 Å². The Morgan fingerprint density at radius 1 is 1.19 bits per heavy atom. The Labute approximate surface area is 124 Å². The third-order valence-electron chi connectivity index (χ3n) is 3.10. The lowest BCUT2D eigenvalue weighted by Gasteiger charge is -2.11. The van der Waals surface area contributed by atoms with Gasteiger partial charge >= 0.3 is 0 Å². The zero-order valence-electron chi connectivity index (χ0n) is 12.3. The molecule has 4 nitrogen and oxygen atoms in total. The number of unbranched alkanes of at least 4 members (excludes halogenated alkanes) is 1. The van der Waals surface area contributed by atoms with Crippen LogP contribution in [0, 0.1) is 0 Å². The van der Waals surface area contributed by atoms with Crippen molar-refractivity contribution < 1.29 is 14.3 Å². The maximum absolute atomic E-state index is 12.0. The molecule has 0 aliphatic heterocycles. The van der Waals surface area contributed by atoms with E-state index in [1.54, 1.807) is 37.6 Å². The summed E-state index contributed by atoms with van der Waals surface area (Å²) >= 11 is 0. The molecule has 0 saturated carbocycles. The van der Waals surface area contributed by atoms with Gasteiger partial charge in [-0.15, -0.1) is 0 Å². The Morgan fingerprint density at radius 3 is 2.71 bits per heavy atom. The summed E-state index contributed by atoms with van der Waals surface area (Å²) in [6, 6.07) is 10.7. The molecule has 0 aliphatic rings. The zero-order chi connectivity index (χ0) is 15.1. The second-order valence-electron chi connectivity index (χ2n) is 4.66. The highest BCUT2D eigenvalue weighted by Crippen LogP contribution is 2.31. The number of hydrogen-bond donors (Lipinski definition) is 0. The lowest BCUT2D eigenvalue weighted by molar-refractivity contribution is 0.0979. The third-order valence-corrected chi connectivity index (χ3v) is 3.10. The molecule has 21 heavy (non-hydrogen) atoms. The van der Waals surface area contributed by atoms with Crippen molar-refractivity contribution in [1.29, 1.82) is 0 Å². The summed E-state index contributed by atoms with van der Waals surface area (Å²) in [4.78, 5) is 16.1. The van der Waals surface area contributed by atoms with Gasteiger partial charge in [-0.3, -0.25) is 4.79 Å². The Hall–Kier alpha value is -2.36. The van der Waals surface area contributed by atoms with Crippen molar-refractivity contribution in [2.75, 3.05) is 7.11 Å². The fraction of sp³-hybridized carbons (Fsp3) is 0.294. The molecule has 1 heterocycles. The summed E-state index contributed by atoms with van der Waals surface area (Å²) < 4.78 is 11.0. The van der Waals surface area contributed by atoms with E-state index in [0.717, 1.165) is 12.8 Å². The summed E-state index contributed by atoms with van der Waals surface area (Å²) in [6.45, 7) is 2.07. The van der Waals surface area contributed by atoms with Gasteiger partial charge in [-0.25, -0.2) is 4.98 Å². The van der Waals surface area contributed by atoms with Crippen LogP contribution in [0.15, 0.2) is 42.6 Å². The molecule has 0 spiro atoms. The topological polar surface area (TPSA) is 48.4 Å². The van der Waals surface area contributed by atoms with Crippen molar-refractivity contribution in [3.05, 3.63) is 48.2 Å². The molecule has 0 radical (unpaired) electrons. The molecule has 2 aromatic rings. The van der Waals surface area contributed by atoms with E-state index in [9.17, 15) is 4.79 Å². The molecule has 4 heteroatoms. The van der Waals surface area contributed by atoms with E-state index in [2.05, 4.69) is 11.9 Å². The van der Waals surface area contributed by atoms with Crippen molar-refractivity contribution >= 4 is 5.78 Å². The standard InChI is InChI=1S/C17H19NO3/c1-3-4-7-14(19)13-9-10-15(16(12-13)20-2)21-17-8-5-6-11-18-17/h5-6,8-12H,3-4,7H2,1-2H3. The van der Waals surface area contributed by atoms with Crippen molar-refractivity contribution in [3.8, 4) is 17.4 Å². The van der Waals surface area contributed by atoms with E-state index in [4.69, 9.17) is 9.47 Å². The minimum atomic E-state index is 0.125. The summed E-state index contributed by atoms with van der Waals surface area (Å²) in [7, 11) is 1.56. The number of carbonyl (C=O) groups is 1. The van der Waals surface area contributed by atoms with E-state index in [0.29, 0.717) is 29.4 Å².